The van der Waals surface area contributed by atoms with Gasteiger partial charge in [0.15, 0.2) is 12.6 Å². The molecule has 0 saturated heterocycles. The van der Waals surface area contributed by atoms with Crippen molar-refractivity contribution < 1.29 is 24.0 Å². The molecule has 0 saturated carbocycles. The Morgan fingerprint density at radius 2 is 1.63 bits per heavy atom. The third-order valence-corrected chi connectivity index (χ3v) is 4.28. The molecule has 0 radical (unpaired) electrons. The van der Waals surface area contributed by atoms with E-state index in [2.05, 4.69) is 10.6 Å². The lowest BCUT2D eigenvalue weighted by atomic mass is 10.2. The molecule has 2 atom stereocenters. The molecule has 2 aromatic carbocycles. The smallest absolute Gasteiger partial charge is 0.282 e. The molecule has 0 spiro atoms. The average molecular weight is 372 g/mol. The van der Waals surface area contributed by atoms with Gasteiger partial charge in [0, 0.05) is 17.4 Å². The van der Waals surface area contributed by atoms with E-state index in [1.165, 1.54) is 0 Å². The molecule has 2 amide bonds. The SMILES string of the molecule is COc1ccc(NC(=O)C[NH+](C)[C@@H](C)C(=O)Nc2cccc(OC)c2)cc1. The van der Waals surface area contributed by atoms with E-state index in [0.29, 0.717) is 17.1 Å². The summed E-state index contributed by atoms with van der Waals surface area (Å²) in [5, 5.41) is 5.67. The van der Waals surface area contributed by atoms with Gasteiger partial charge in [0.05, 0.1) is 21.3 Å². The number of benzene rings is 2. The Balaban J connectivity index is 1.88. The number of amides is 2. The molecule has 3 N–H and O–H groups in total. The molecule has 2 aromatic rings. The Morgan fingerprint density at radius 3 is 2.26 bits per heavy atom. The number of quaternary nitrogens is 1. The molecule has 0 fully saturated rings. The van der Waals surface area contributed by atoms with Crippen molar-refractivity contribution in [1.82, 2.24) is 0 Å². The summed E-state index contributed by atoms with van der Waals surface area (Å²) in [6.45, 7) is 1.95. The van der Waals surface area contributed by atoms with Crippen molar-refractivity contribution in [2.75, 3.05) is 38.4 Å². The number of carbonyl (C=O) groups excluding carboxylic acids is 2. The highest BCUT2D eigenvalue weighted by atomic mass is 16.5. The maximum Gasteiger partial charge on any atom is 0.282 e. The lowest BCUT2D eigenvalue weighted by Gasteiger charge is -2.20. The number of hydrogen-bond donors (Lipinski definition) is 3. The van der Waals surface area contributed by atoms with Crippen LogP contribution in [0.25, 0.3) is 0 Å². The molecule has 1 unspecified atom stereocenters. The van der Waals surface area contributed by atoms with Crippen LogP contribution in [-0.4, -0.2) is 45.7 Å². The molecule has 144 valence electrons. The van der Waals surface area contributed by atoms with Gasteiger partial charge < -0.3 is 25.0 Å². The first-order valence-electron chi connectivity index (χ1n) is 8.64. The minimum atomic E-state index is -0.405. The molecule has 0 bridgehead atoms. The van der Waals surface area contributed by atoms with E-state index in [9.17, 15) is 9.59 Å². The van der Waals surface area contributed by atoms with Crippen LogP contribution in [0.4, 0.5) is 11.4 Å². The van der Waals surface area contributed by atoms with Crippen molar-refractivity contribution >= 4 is 23.2 Å². The summed E-state index contributed by atoms with van der Waals surface area (Å²) < 4.78 is 10.2. The highest BCUT2D eigenvalue weighted by Crippen LogP contribution is 2.16. The van der Waals surface area contributed by atoms with Crippen LogP contribution >= 0.6 is 0 Å². The maximum atomic E-state index is 12.4. The molecule has 0 aliphatic rings. The Hall–Kier alpha value is -3.06. The van der Waals surface area contributed by atoms with Crippen molar-refractivity contribution in [1.29, 1.82) is 0 Å². The van der Waals surface area contributed by atoms with Crippen molar-refractivity contribution in [2.45, 2.75) is 13.0 Å². The van der Waals surface area contributed by atoms with Crippen molar-refractivity contribution in [2.24, 2.45) is 0 Å². The molecular weight excluding hydrogens is 346 g/mol. The first-order chi connectivity index (χ1) is 12.9. The molecular formula is C20H26N3O4+. The number of ether oxygens (including phenoxy) is 2. The predicted molar refractivity (Wildman–Crippen MR) is 104 cm³/mol. The largest absolute Gasteiger partial charge is 0.497 e. The molecule has 0 aliphatic heterocycles. The number of rotatable bonds is 8. The summed E-state index contributed by atoms with van der Waals surface area (Å²) in [5.41, 5.74) is 1.34. The molecule has 7 heteroatoms. The van der Waals surface area contributed by atoms with Gasteiger partial charge in [-0.25, -0.2) is 0 Å². The summed E-state index contributed by atoms with van der Waals surface area (Å²) in [4.78, 5) is 25.5. The van der Waals surface area contributed by atoms with E-state index in [4.69, 9.17) is 9.47 Å². The first kappa shape index (κ1) is 20.3. The van der Waals surface area contributed by atoms with Crippen LogP contribution in [0, 0.1) is 0 Å². The Bertz CT molecular complexity index is 777. The lowest BCUT2D eigenvalue weighted by molar-refractivity contribution is -0.885. The van der Waals surface area contributed by atoms with Gasteiger partial charge in [0.1, 0.15) is 11.5 Å². The van der Waals surface area contributed by atoms with Gasteiger partial charge in [0.2, 0.25) is 0 Å². The maximum absolute atomic E-state index is 12.4. The number of carbonyl (C=O) groups is 2. The van der Waals surface area contributed by atoms with Crippen molar-refractivity contribution in [3.05, 3.63) is 48.5 Å². The van der Waals surface area contributed by atoms with E-state index < -0.39 is 6.04 Å². The van der Waals surface area contributed by atoms with Gasteiger partial charge in [-0.2, -0.15) is 0 Å². The standard InChI is InChI=1S/C20H25N3O4/c1-14(20(25)22-16-6-5-7-18(12-16)27-4)23(2)13-19(24)21-15-8-10-17(26-3)11-9-15/h5-12,14H,13H2,1-4H3,(H,21,24)(H,22,25)/p+1/t14-/m0/s1. The highest BCUT2D eigenvalue weighted by molar-refractivity contribution is 5.94. The number of hydrogen-bond acceptors (Lipinski definition) is 4. The second kappa shape index (κ2) is 9.59. The minimum Gasteiger partial charge on any atom is -0.497 e. The van der Waals surface area contributed by atoms with Crippen LogP contribution in [0.3, 0.4) is 0 Å². The normalized spacial score (nSPS) is 12.6. The number of anilines is 2. The average Bonchev–Trinajstić information content (AvgIpc) is 2.67. The topological polar surface area (TPSA) is 81.1 Å². The van der Waals surface area contributed by atoms with E-state index in [1.807, 2.05) is 7.05 Å². The van der Waals surface area contributed by atoms with Crippen LogP contribution in [0.2, 0.25) is 0 Å². The van der Waals surface area contributed by atoms with Gasteiger partial charge in [-0.05, 0) is 43.3 Å². The zero-order valence-electron chi connectivity index (χ0n) is 16.0. The van der Waals surface area contributed by atoms with Crippen LogP contribution in [0.1, 0.15) is 6.92 Å². The predicted octanol–water partition coefficient (Wildman–Crippen LogP) is 1.18. The first-order valence-corrected chi connectivity index (χ1v) is 8.64. The number of nitrogens with one attached hydrogen (secondary N) is 3. The Labute approximate surface area is 159 Å². The lowest BCUT2D eigenvalue weighted by Crippen LogP contribution is -3.14. The fourth-order valence-corrected chi connectivity index (χ4v) is 2.46. The minimum absolute atomic E-state index is 0.165. The second-order valence-corrected chi connectivity index (χ2v) is 6.24. The van der Waals surface area contributed by atoms with Crippen LogP contribution in [0.5, 0.6) is 11.5 Å². The van der Waals surface area contributed by atoms with E-state index >= 15 is 0 Å². The number of methoxy groups -OCH3 is 2. The van der Waals surface area contributed by atoms with Gasteiger partial charge >= 0.3 is 0 Å². The summed E-state index contributed by atoms with van der Waals surface area (Å²) >= 11 is 0. The monoisotopic (exact) mass is 372 g/mol. The molecule has 0 aliphatic carbocycles. The summed E-state index contributed by atoms with van der Waals surface area (Å²) in [5.74, 6) is 1.05. The third-order valence-electron chi connectivity index (χ3n) is 4.28. The molecule has 27 heavy (non-hydrogen) atoms. The summed E-state index contributed by atoms with van der Waals surface area (Å²) in [6.07, 6.45) is 0. The Kier molecular flexibility index (Phi) is 7.19. The van der Waals surface area contributed by atoms with Gasteiger partial charge in [-0.3, -0.25) is 9.59 Å². The molecule has 7 nitrogen and oxygen atoms in total. The number of likely N-dealkylation sites (N-methyl/N-ethyl adjacent to an activating group) is 1. The fourth-order valence-electron chi connectivity index (χ4n) is 2.46. The molecule has 0 aromatic heterocycles. The van der Waals surface area contributed by atoms with Gasteiger partial charge in [0.25, 0.3) is 11.8 Å². The van der Waals surface area contributed by atoms with E-state index in [1.54, 1.807) is 69.7 Å². The molecule has 0 heterocycles. The van der Waals surface area contributed by atoms with Crippen molar-refractivity contribution in [3.8, 4) is 11.5 Å². The van der Waals surface area contributed by atoms with Crippen LogP contribution in [-0.2, 0) is 9.59 Å². The van der Waals surface area contributed by atoms with Crippen molar-refractivity contribution in [3.63, 3.8) is 0 Å². The van der Waals surface area contributed by atoms with E-state index in [0.717, 1.165) is 10.6 Å². The second-order valence-electron chi connectivity index (χ2n) is 6.24. The summed E-state index contributed by atoms with van der Waals surface area (Å²) in [6, 6.07) is 13.8. The van der Waals surface area contributed by atoms with Gasteiger partial charge in [-0.1, -0.05) is 6.07 Å². The van der Waals surface area contributed by atoms with Gasteiger partial charge in [-0.15, -0.1) is 0 Å². The quantitative estimate of drug-likeness (QED) is 0.650. The Morgan fingerprint density at radius 1 is 0.963 bits per heavy atom. The van der Waals surface area contributed by atoms with E-state index in [-0.39, 0.29) is 18.4 Å². The highest BCUT2D eigenvalue weighted by Gasteiger charge is 2.24. The third kappa shape index (κ3) is 6.00. The fraction of sp³-hybridized carbons (Fsp3) is 0.300. The molecule has 2 rings (SSSR count). The van der Waals surface area contributed by atoms with Crippen LogP contribution < -0.4 is 25.0 Å². The summed E-state index contributed by atoms with van der Waals surface area (Å²) in [7, 11) is 4.97. The zero-order chi connectivity index (χ0) is 19.8. The zero-order valence-corrected chi connectivity index (χ0v) is 16.0. The van der Waals surface area contributed by atoms with Crippen LogP contribution in [0.15, 0.2) is 48.5 Å².